The third-order valence-electron chi connectivity index (χ3n) is 7.52. The zero-order valence-electron chi connectivity index (χ0n) is 22.9. The van der Waals surface area contributed by atoms with Crippen LogP contribution in [0.3, 0.4) is 0 Å². The number of hydrogen-bond donors (Lipinski definition) is 1. The first kappa shape index (κ1) is 26.4. The minimum atomic E-state index is -0.902. The molecule has 2 aromatic carbocycles. The molecule has 0 saturated carbocycles. The second-order valence-corrected chi connectivity index (χ2v) is 10.2. The summed E-state index contributed by atoms with van der Waals surface area (Å²) in [5.74, 6) is 0.293. The molecule has 2 fully saturated rings. The fourth-order valence-electron chi connectivity index (χ4n) is 5.60. The number of aryl methyl sites for hydroxylation is 1. The number of morpholine rings is 1. The van der Waals surface area contributed by atoms with Gasteiger partial charge in [0.25, 0.3) is 0 Å². The van der Waals surface area contributed by atoms with E-state index in [0.29, 0.717) is 81.4 Å². The van der Waals surface area contributed by atoms with Crippen molar-refractivity contribution in [3.8, 4) is 22.6 Å². The molecule has 42 heavy (non-hydrogen) atoms. The Hall–Kier alpha value is -4.49. The summed E-state index contributed by atoms with van der Waals surface area (Å²) in [4.78, 5) is 16.9. The van der Waals surface area contributed by atoms with Gasteiger partial charge in [0.2, 0.25) is 0 Å². The van der Waals surface area contributed by atoms with Crippen LogP contribution in [-0.4, -0.2) is 65.9 Å². The first-order valence-electron chi connectivity index (χ1n) is 13.8. The van der Waals surface area contributed by atoms with E-state index < -0.39 is 17.7 Å². The summed E-state index contributed by atoms with van der Waals surface area (Å²) in [6.07, 6.45) is 5.65. The monoisotopic (exact) mass is 577 g/mol. The molecule has 5 heterocycles. The lowest BCUT2D eigenvalue weighted by Crippen LogP contribution is -2.37. The van der Waals surface area contributed by atoms with E-state index in [1.165, 1.54) is 17.5 Å². The highest BCUT2D eigenvalue weighted by molar-refractivity contribution is 5.91. The third kappa shape index (κ3) is 4.84. The summed E-state index contributed by atoms with van der Waals surface area (Å²) in [5, 5.41) is 9.27. The van der Waals surface area contributed by atoms with Crippen LogP contribution in [0.4, 0.5) is 31.8 Å². The van der Waals surface area contributed by atoms with Crippen LogP contribution in [0.5, 0.6) is 11.5 Å². The number of rotatable bonds is 6. The van der Waals surface area contributed by atoms with Gasteiger partial charge in [-0.25, -0.2) is 23.8 Å². The fraction of sp³-hybridized carbons (Fsp3) is 0.345. The van der Waals surface area contributed by atoms with Gasteiger partial charge in [0.15, 0.2) is 29.0 Å². The van der Waals surface area contributed by atoms with Crippen LogP contribution in [0.25, 0.3) is 11.1 Å². The van der Waals surface area contributed by atoms with Crippen molar-refractivity contribution in [1.82, 2.24) is 19.7 Å². The maximum atomic E-state index is 14.7. The topological polar surface area (TPSA) is 99.0 Å². The Morgan fingerprint density at radius 2 is 1.81 bits per heavy atom. The van der Waals surface area contributed by atoms with Gasteiger partial charge in [0.05, 0.1) is 43.4 Å². The van der Waals surface area contributed by atoms with Crippen molar-refractivity contribution >= 4 is 23.0 Å². The van der Waals surface area contributed by atoms with Crippen molar-refractivity contribution in [2.45, 2.75) is 12.5 Å². The molecule has 0 unspecified atom stereocenters. The number of ether oxygens (including phenoxy) is 3. The Labute approximate surface area is 240 Å². The van der Waals surface area contributed by atoms with E-state index >= 15 is 0 Å². The molecule has 0 amide bonds. The van der Waals surface area contributed by atoms with Crippen molar-refractivity contribution in [3.63, 3.8) is 0 Å². The standard InChI is InChI=1S/C29H29F2N7O4/c1-36-16-18(15-34-36)20-13-22(28-29(41-12-11-40-28)27(20)37-6-9-39-10-7-37)35-24-14-25(33-17-32-24)38-23(5-8-42-38)19-3-2-4-21(30)26(19)31/h2-4,13-17,23H,5-12H2,1H3,(H,32,33,35)/t23-/m1/s1. The Morgan fingerprint density at radius 3 is 2.62 bits per heavy atom. The van der Waals surface area contributed by atoms with E-state index in [4.69, 9.17) is 19.0 Å². The van der Waals surface area contributed by atoms with Crippen molar-refractivity contribution < 1.29 is 27.8 Å². The van der Waals surface area contributed by atoms with E-state index in [9.17, 15) is 8.78 Å². The largest absolute Gasteiger partial charge is 0.484 e. The van der Waals surface area contributed by atoms with E-state index in [-0.39, 0.29) is 5.56 Å². The Bertz CT molecular complexity index is 1610. The van der Waals surface area contributed by atoms with Gasteiger partial charge in [0.1, 0.15) is 25.4 Å². The van der Waals surface area contributed by atoms with Crippen LogP contribution in [0, 0.1) is 11.6 Å². The molecule has 0 aliphatic carbocycles. The minimum Gasteiger partial charge on any atom is -0.484 e. The van der Waals surface area contributed by atoms with Crippen molar-refractivity contribution in [2.24, 2.45) is 7.05 Å². The number of anilines is 4. The Balaban J connectivity index is 1.27. The lowest BCUT2D eigenvalue weighted by molar-refractivity contribution is 0.121. The van der Waals surface area contributed by atoms with Crippen LogP contribution in [0.2, 0.25) is 0 Å². The highest BCUT2D eigenvalue weighted by Gasteiger charge is 2.33. The lowest BCUT2D eigenvalue weighted by Gasteiger charge is -2.34. The van der Waals surface area contributed by atoms with E-state index in [2.05, 4.69) is 25.3 Å². The molecule has 3 aliphatic heterocycles. The van der Waals surface area contributed by atoms with Gasteiger partial charge in [-0.1, -0.05) is 12.1 Å². The molecule has 11 nitrogen and oxygen atoms in total. The molecular weight excluding hydrogens is 548 g/mol. The third-order valence-corrected chi connectivity index (χ3v) is 7.52. The number of halogens is 2. The molecule has 2 aromatic heterocycles. The number of hydroxylamine groups is 1. The second-order valence-electron chi connectivity index (χ2n) is 10.2. The quantitative estimate of drug-likeness (QED) is 0.355. The molecule has 4 aromatic rings. The van der Waals surface area contributed by atoms with Crippen molar-refractivity contribution in [1.29, 1.82) is 0 Å². The Kier molecular flexibility index (Phi) is 6.96. The molecule has 0 spiro atoms. The predicted octanol–water partition coefficient (Wildman–Crippen LogP) is 4.39. The summed E-state index contributed by atoms with van der Waals surface area (Å²) < 4.78 is 48.4. The first-order valence-corrected chi connectivity index (χ1v) is 13.8. The molecule has 3 aliphatic rings. The van der Waals surface area contributed by atoms with Gasteiger partial charge in [-0.15, -0.1) is 0 Å². The molecule has 2 saturated heterocycles. The molecule has 1 N–H and O–H groups in total. The molecule has 0 bridgehead atoms. The van der Waals surface area contributed by atoms with Gasteiger partial charge in [-0.05, 0) is 12.1 Å². The zero-order chi connectivity index (χ0) is 28.6. The average molecular weight is 578 g/mol. The van der Waals surface area contributed by atoms with E-state index in [1.54, 1.807) is 16.8 Å². The molecule has 13 heteroatoms. The van der Waals surface area contributed by atoms with E-state index in [0.717, 1.165) is 22.9 Å². The highest BCUT2D eigenvalue weighted by Crippen LogP contribution is 2.51. The summed E-state index contributed by atoms with van der Waals surface area (Å²) >= 11 is 0. The van der Waals surface area contributed by atoms with Crippen LogP contribution in [0.15, 0.2) is 49.1 Å². The molecule has 0 radical (unpaired) electrons. The normalized spacial score (nSPS) is 18.4. The van der Waals surface area contributed by atoms with Gasteiger partial charge in [-0.2, -0.15) is 5.10 Å². The second kappa shape index (κ2) is 11.1. The lowest BCUT2D eigenvalue weighted by atomic mass is 10.0. The summed E-state index contributed by atoms with van der Waals surface area (Å²) in [7, 11) is 1.88. The number of hydrogen-bond acceptors (Lipinski definition) is 10. The number of nitrogens with zero attached hydrogens (tertiary/aromatic N) is 6. The van der Waals surface area contributed by atoms with Crippen LogP contribution in [-0.2, 0) is 16.6 Å². The minimum absolute atomic E-state index is 0.208. The van der Waals surface area contributed by atoms with Gasteiger partial charge in [0, 0.05) is 55.5 Å². The van der Waals surface area contributed by atoms with E-state index in [1.807, 2.05) is 25.5 Å². The Morgan fingerprint density at radius 1 is 0.976 bits per heavy atom. The summed E-state index contributed by atoms with van der Waals surface area (Å²) in [6, 6.07) is 7.31. The molecule has 7 rings (SSSR count). The molecule has 218 valence electrons. The predicted molar refractivity (Wildman–Crippen MR) is 150 cm³/mol. The fourth-order valence-corrected chi connectivity index (χ4v) is 5.60. The maximum Gasteiger partial charge on any atom is 0.187 e. The van der Waals surface area contributed by atoms with Gasteiger partial charge >= 0.3 is 0 Å². The SMILES string of the molecule is Cn1cc(-c2cc(Nc3cc(N4OCC[C@@H]4c4cccc(F)c4F)ncn3)c3c(c2N2CCOCC2)OCCO3)cn1. The van der Waals surface area contributed by atoms with Crippen LogP contribution in [0.1, 0.15) is 18.0 Å². The highest BCUT2D eigenvalue weighted by atomic mass is 19.2. The number of benzene rings is 2. The van der Waals surface area contributed by atoms with Crippen molar-refractivity contribution in [2.75, 3.05) is 61.4 Å². The summed E-state index contributed by atoms with van der Waals surface area (Å²) in [5.41, 5.74) is 3.64. The first-order chi connectivity index (χ1) is 20.6. The molecular formula is C29H29F2N7O4. The van der Waals surface area contributed by atoms with Crippen molar-refractivity contribution in [3.05, 3.63) is 66.3 Å². The molecule has 1 atom stereocenters. The van der Waals surface area contributed by atoms with Crippen LogP contribution < -0.4 is 24.8 Å². The van der Waals surface area contributed by atoms with Gasteiger partial charge in [-0.3, -0.25) is 9.52 Å². The number of fused-ring (bicyclic) bond motifs is 1. The van der Waals surface area contributed by atoms with Crippen LogP contribution >= 0.6 is 0 Å². The zero-order valence-corrected chi connectivity index (χ0v) is 22.9. The smallest absolute Gasteiger partial charge is 0.187 e. The number of nitrogens with one attached hydrogen (secondary N) is 1. The number of aromatic nitrogens is 4. The summed E-state index contributed by atoms with van der Waals surface area (Å²) in [6.45, 7) is 3.82. The van der Waals surface area contributed by atoms with Gasteiger partial charge < -0.3 is 24.4 Å². The maximum absolute atomic E-state index is 14.7. The average Bonchev–Trinajstić information content (AvgIpc) is 3.68.